The van der Waals surface area contributed by atoms with Crippen molar-refractivity contribution in [2.24, 2.45) is 0 Å². The first kappa shape index (κ1) is 14.9. The van der Waals surface area contributed by atoms with Crippen LogP contribution >= 0.6 is 0 Å². The van der Waals surface area contributed by atoms with Crippen molar-refractivity contribution in [3.63, 3.8) is 0 Å². The fourth-order valence-corrected chi connectivity index (χ4v) is 1.21. The molecule has 2 N–H and O–H groups in total. The van der Waals surface area contributed by atoms with E-state index in [1.54, 1.807) is 6.92 Å². The van der Waals surface area contributed by atoms with Gasteiger partial charge in [-0.2, -0.15) is 0 Å². The van der Waals surface area contributed by atoms with Crippen LogP contribution in [-0.2, 0) is 9.59 Å². The Hall–Kier alpha value is -2.18. The number of carbonyl (C=O) groups is 2. The van der Waals surface area contributed by atoms with Gasteiger partial charge in [0.25, 0.3) is 5.91 Å². The number of rotatable bonds is 6. The molecule has 0 aliphatic carbocycles. The van der Waals surface area contributed by atoms with Gasteiger partial charge in [-0.1, -0.05) is 0 Å². The molecule has 1 aromatic carbocycles. The van der Waals surface area contributed by atoms with Crippen LogP contribution in [0, 0.1) is 11.6 Å². The average Bonchev–Trinajstić information content (AvgIpc) is 2.38. The standard InChI is InChI=1S/C12H14F2N2O3/c1-2-15-11(17)6-16-12(18)7-19-8-3-4-9(13)10(14)5-8/h3-5H,2,6-7H2,1H3,(H,15,17)(H,16,18). The molecule has 19 heavy (non-hydrogen) atoms. The van der Waals surface area contributed by atoms with Gasteiger partial charge in [-0.15, -0.1) is 0 Å². The highest BCUT2D eigenvalue weighted by Crippen LogP contribution is 2.14. The highest BCUT2D eigenvalue weighted by atomic mass is 19.2. The van der Waals surface area contributed by atoms with Gasteiger partial charge in [0, 0.05) is 12.6 Å². The third kappa shape index (κ3) is 5.33. The van der Waals surface area contributed by atoms with E-state index in [1.165, 1.54) is 6.07 Å². The maximum Gasteiger partial charge on any atom is 0.258 e. The van der Waals surface area contributed by atoms with Gasteiger partial charge >= 0.3 is 0 Å². The van der Waals surface area contributed by atoms with E-state index >= 15 is 0 Å². The maximum atomic E-state index is 12.8. The molecule has 0 saturated heterocycles. The molecule has 0 bridgehead atoms. The normalized spacial score (nSPS) is 9.84. The number of halogens is 2. The van der Waals surface area contributed by atoms with Crippen molar-refractivity contribution >= 4 is 11.8 Å². The minimum atomic E-state index is -1.06. The Kier molecular flexibility index (Phi) is 5.72. The lowest BCUT2D eigenvalue weighted by molar-refractivity contribution is -0.127. The molecule has 5 nitrogen and oxygen atoms in total. The zero-order valence-corrected chi connectivity index (χ0v) is 10.3. The monoisotopic (exact) mass is 272 g/mol. The van der Waals surface area contributed by atoms with Crippen LogP contribution < -0.4 is 15.4 Å². The smallest absolute Gasteiger partial charge is 0.258 e. The van der Waals surface area contributed by atoms with Crippen LogP contribution in [-0.4, -0.2) is 31.5 Å². The molecular formula is C12H14F2N2O3. The molecule has 7 heteroatoms. The van der Waals surface area contributed by atoms with Gasteiger partial charge in [-0.05, 0) is 19.1 Å². The molecule has 0 heterocycles. The molecule has 0 aliphatic heterocycles. The summed E-state index contributed by atoms with van der Waals surface area (Å²) in [4.78, 5) is 22.3. The third-order valence-electron chi connectivity index (χ3n) is 2.08. The minimum absolute atomic E-state index is 0.0343. The molecule has 0 saturated carbocycles. The predicted octanol–water partition coefficient (Wildman–Crippen LogP) is 0.596. The SMILES string of the molecule is CCNC(=O)CNC(=O)COc1ccc(F)c(F)c1. The van der Waals surface area contributed by atoms with Gasteiger partial charge in [-0.3, -0.25) is 9.59 Å². The summed E-state index contributed by atoms with van der Waals surface area (Å²) in [5.41, 5.74) is 0. The second kappa shape index (κ2) is 7.30. The average molecular weight is 272 g/mol. The summed E-state index contributed by atoms with van der Waals surface area (Å²) in [6.45, 7) is 1.68. The van der Waals surface area contributed by atoms with Crippen molar-refractivity contribution in [1.29, 1.82) is 0 Å². The summed E-state index contributed by atoms with van der Waals surface area (Å²) < 4.78 is 30.4. The van der Waals surface area contributed by atoms with Crippen LogP contribution in [0.15, 0.2) is 18.2 Å². The van der Waals surface area contributed by atoms with Crippen LogP contribution in [0.2, 0.25) is 0 Å². The van der Waals surface area contributed by atoms with Crippen molar-refractivity contribution in [2.75, 3.05) is 19.7 Å². The zero-order chi connectivity index (χ0) is 14.3. The van der Waals surface area contributed by atoms with Crippen LogP contribution in [0.3, 0.4) is 0 Å². The maximum absolute atomic E-state index is 12.8. The summed E-state index contributed by atoms with van der Waals surface area (Å²) in [6.07, 6.45) is 0. The van der Waals surface area contributed by atoms with Crippen molar-refractivity contribution in [3.05, 3.63) is 29.8 Å². The van der Waals surface area contributed by atoms with Gasteiger partial charge in [0.15, 0.2) is 18.2 Å². The first-order valence-electron chi connectivity index (χ1n) is 5.64. The molecule has 0 unspecified atom stereocenters. The Morgan fingerprint density at radius 2 is 1.89 bits per heavy atom. The minimum Gasteiger partial charge on any atom is -0.484 e. The first-order valence-corrected chi connectivity index (χ1v) is 5.64. The second-order valence-corrected chi connectivity index (χ2v) is 3.59. The van der Waals surface area contributed by atoms with Gasteiger partial charge in [0.1, 0.15) is 5.75 Å². The van der Waals surface area contributed by atoms with Gasteiger partial charge in [0.05, 0.1) is 6.54 Å². The van der Waals surface area contributed by atoms with E-state index in [9.17, 15) is 18.4 Å². The number of nitrogens with one attached hydrogen (secondary N) is 2. The molecule has 2 amide bonds. The largest absolute Gasteiger partial charge is 0.484 e. The van der Waals surface area contributed by atoms with Crippen LogP contribution in [0.4, 0.5) is 8.78 Å². The summed E-state index contributed by atoms with van der Waals surface area (Å²) in [7, 11) is 0. The number of hydrogen-bond acceptors (Lipinski definition) is 3. The Morgan fingerprint density at radius 1 is 1.16 bits per heavy atom. The number of amides is 2. The quantitative estimate of drug-likeness (QED) is 0.796. The van der Waals surface area contributed by atoms with Crippen LogP contribution in [0.25, 0.3) is 0 Å². The van der Waals surface area contributed by atoms with E-state index in [0.29, 0.717) is 6.54 Å². The fourth-order valence-electron chi connectivity index (χ4n) is 1.21. The highest BCUT2D eigenvalue weighted by molar-refractivity contribution is 5.85. The Bertz CT molecular complexity index is 466. The fraction of sp³-hybridized carbons (Fsp3) is 0.333. The molecule has 0 aromatic heterocycles. The molecule has 1 rings (SSSR count). The second-order valence-electron chi connectivity index (χ2n) is 3.59. The van der Waals surface area contributed by atoms with Crippen LogP contribution in [0.1, 0.15) is 6.92 Å². The lowest BCUT2D eigenvalue weighted by Gasteiger charge is -2.07. The first-order chi connectivity index (χ1) is 9.02. The summed E-state index contributed by atoms with van der Waals surface area (Å²) in [5, 5.41) is 4.82. The number of hydrogen-bond donors (Lipinski definition) is 2. The van der Waals surface area contributed by atoms with E-state index in [1.807, 2.05) is 0 Å². The Balaban J connectivity index is 2.33. The molecule has 1 aromatic rings. The summed E-state index contributed by atoms with van der Waals surface area (Å²) in [6, 6.07) is 2.94. The Labute approximate surface area is 108 Å². The number of ether oxygens (including phenoxy) is 1. The molecule has 104 valence electrons. The lowest BCUT2D eigenvalue weighted by atomic mass is 10.3. The Morgan fingerprint density at radius 3 is 2.53 bits per heavy atom. The summed E-state index contributed by atoms with van der Waals surface area (Å²) >= 11 is 0. The number of likely N-dealkylation sites (N-methyl/N-ethyl adjacent to an activating group) is 1. The molecule has 0 spiro atoms. The van der Waals surface area contributed by atoms with Crippen LogP contribution in [0.5, 0.6) is 5.75 Å². The lowest BCUT2D eigenvalue weighted by Crippen LogP contribution is -2.38. The van der Waals surface area contributed by atoms with Crippen molar-refractivity contribution in [1.82, 2.24) is 10.6 Å². The van der Waals surface area contributed by atoms with E-state index in [2.05, 4.69) is 10.6 Å². The summed E-state index contributed by atoms with van der Waals surface area (Å²) in [5.74, 6) is -2.86. The van der Waals surface area contributed by atoms with E-state index in [0.717, 1.165) is 12.1 Å². The van der Waals surface area contributed by atoms with E-state index < -0.39 is 17.5 Å². The number of benzene rings is 1. The van der Waals surface area contributed by atoms with E-state index in [-0.39, 0.29) is 24.8 Å². The van der Waals surface area contributed by atoms with Gasteiger partial charge < -0.3 is 15.4 Å². The highest BCUT2D eigenvalue weighted by Gasteiger charge is 2.07. The molecule has 0 radical (unpaired) electrons. The third-order valence-corrected chi connectivity index (χ3v) is 2.08. The number of carbonyl (C=O) groups excluding carboxylic acids is 2. The molecular weight excluding hydrogens is 258 g/mol. The predicted molar refractivity (Wildman–Crippen MR) is 63.5 cm³/mol. The molecule has 0 atom stereocenters. The van der Waals surface area contributed by atoms with Crippen molar-refractivity contribution in [3.8, 4) is 5.75 Å². The zero-order valence-electron chi connectivity index (χ0n) is 10.3. The molecule has 0 fully saturated rings. The van der Waals surface area contributed by atoms with E-state index in [4.69, 9.17) is 4.74 Å². The van der Waals surface area contributed by atoms with Crippen molar-refractivity contribution in [2.45, 2.75) is 6.92 Å². The molecule has 0 aliphatic rings. The van der Waals surface area contributed by atoms with Gasteiger partial charge in [-0.25, -0.2) is 8.78 Å². The van der Waals surface area contributed by atoms with Gasteiger partial charge in [0.2, 0.25) is 5.91 Å². The topological polar surface area (TPSA) is 67.4 Å². The van der Waals surface area contributed by atoms with Crippen molar-refractivity contribution < 1.29 is 23.1 Å².